The number of hydrogen-bond donors (Lipinski definition) is 0. The quantitative estimate of drug-likeness (QED) is 0.634. The molecular formula is C14H13N3. The zero-order valence-corrected chi connectivity index (χ0v) is 9.88. The molecule has 3 heterocycles. The SMILES string of the molecule is Cc1ccn2c(C)c(-c3ccncc3)nc2c1. The van der Waals surface area contributed by atoms with Gasteiger partial charge in [0, 0.05) is 29.8 Å². The Morgan fingerprint density at radius 1 is 1.06 bits per heavy atom. The van der Waals surface area contributed by atoms with Gasteiger partial charge in [0.1, 0.15) is 5.65 Å². The third-order valence-electron chi connectivity index (χ3n) is 2.97. The third-order valence-corrected chi connectivity index (χ3v) is 2.97. The zero-order chi connectivity index (χ0) is 11.8. The minimum atomic E-state index is 0.995. The minimum absolute atomic E-state index is 0.995. The van der Waals surface area contributed by atoms with E-state index in [0.717, 1.165) is 22.6 Å². The molecule has 0 fully saturated rings. The number of imidazole rings is 1. The molecule has 0 aliphatic heterocycles. The van der Waals surface area contributed by atoms with Crippen molar-refractivity contribution in [2.45, 2.75) is 13.8 Å². The molecule has 0 atom stereocenters. The van der Waals surface area contributed by atoms with Crippen LogP contribution in [0.15, 0.2) is 42.9 Å². The Balaban J connectivity index is 2.28. The summed E-state index contributed by atoms with van der Waals surface area (Å²) in [6.45, 7) is 4.17. The average molecular weight is 223 g/mol. The lowest BCUT2D eigenvalue weighted by Crippen LogP contribution is -1.87. The zero-order valence-electron chi connectivity index (χ0n) is 9.88. The lowest BCUT2D eigenvalue weighted by atomic mass is 10.2. The van der Waals surface area contributed by atoms with E-state index in [0.29, 0.717) is 0 Å². The number of aryl methyl sites for hydroxylation is 2. The molecule has 17 heavy (non-hydrogen) atoms. The normalized spacial score (nSPS) is 10.9. The van der Waals surface area contributed by atoms with E-state index in [1.54, 1.807) is 12.4 Å². The Bertz CT molecular complexity index is 669. The summed E-state index contributed by atoms with van der Waals surface area (Å²) in [4.78, 5) is 8.71. The molecule has 84 valence electrons. The highest BCUT2D eigenvalue weighted by atomic mass is 15.0. The fourth-order valence-electron chi connectivity index (χ4n) is 2.05. The highest BCUT2D eigenvalue weighted by Gasteiger charge is 2.09. The van der Waals surface area contributed by atoms with Crippen molar-refractivity contribution in [3.05, 3.63) is 54.1 Å². The van der Waals surface area contributed by atoms with Gasteiger partial charge < -0.3 is 4.40 Å². The summed E-state index contributed by atoms with van der Waals surface area (Å²) >= 11 is 0. The summed E-state index contributed by atoms with van der Waals surface area (Å²) < 4.78 is 2.11. The Hall–Kier alpha value is -2.16. The summed E-state index contributed by atoms with van der Waals surface area (Å²) in [5.74, 6) is 0. The average Bonchev–Trinajstić information content (AvgIpc) is 2.67. The van der Waals surface area contributed by atoms with Crippen molar-refractivity contribution < 1.29 is 0 Å². The van der Waals surface area contributed by atoms with Gasteiger partial charge in [-0.25, -0.2) is 4.98 Å². The van der Waals surface area contributed by atoms with Crippen LogP contribution in [0.5, 0.6) is 0 Å². The van der Waals surface area contributed by atoms with Crippen LogP contribution in [0.25, 0.3) is 16.9 Å². The molecule has 0 bridgehead atoms. The topological polar surface area (TPSA) is 30.2 Å². The standard InChI is InChI=1S/C14H13N3/c1-10-5-8-17-11(2)14(16-13(17)9-10)12-3-6-15-7-4-12/h3-9H,1-2H3. The van der Waals surface area contributed by atoms with Crippen LogP contribution >= 0.6 is 0 Å². The van der Waals surface area contributed by atoms with Gasteiger partial charge in [0.2, 0.25) is 0 Å². The van der Waals surface area contributed by atoms with E-state index < -0.39 is 0 Å². The molecule has 0 unspecified atom stereocenters. The number of pyridine rings is 2. The molecule has 0 N–H and O–H groups in total. The lowest BCUT2D eigenvalue weighted by molar-refractivity contribution is 1.10. The van der Waals surface area contributed by atoms with Gasteiger partial charge in [-0.3, -0.25) is 4.98 Å². The van der Waals surface area contributed by atoms with Crippen LogP contribution in [0.1, 0.15) is 11.3 Å². The third kappa shape index (κ3) is 1.60. The van der Waals surface area contributed by atoms with Gasteiger partial charge in [0.05, 0.1) is 5.69 Å². The van der Waals surface area contributed by atoms with Gasteiger partial charge in [0.15, 0.2) is 0 Å². The lowest BCUT2D eigenvalue weighted by Gasteiger charge is -1.98. The molecule has 0 aliphatic rings. The van der Waals surface area contributed by atoms with Crippen molar-refractivity contribution in [3.8, 4) is 11.3 Å². The number of fused-ring (bicyclic) bond motifs is 1. The Labute approximate surface area is 99.8 Å². The van der Waals surface area contributed by atoms with Crippen molar-refractivity contribution in [1.82, 2.24) is 14.4 Å². The van der Waals surface area contributed by atoms with Gasteiger partial charge in [-0.1, -0.05) is 0 Å². The van der Waals surface area contributed by atoms with Crippen molar-refractivity contribution in [2.75, 3.05) is 0 Å². The summed E-state index contributed by atoms with van der Waals surface area (Å²) in [5.41, 5.74) is 5.51. The van der Waals surface area contributed by atoms with Gasteiger partial charge in [-0.15, -0.1) is 0 Å². The molecule has 3 aromatic rings. The minimum Gasteiger partial charge on any atom is -0.304 e. The molecule has 3 rings (SSSR count). The van der Waals surface area contributed by atoms with Crippen LogP contribution in [0.4, 0.5) is 0 Å². The molecule has 3 nitrogen and oxygen atoms in total. The van der Waals surface area contributed by atoms with Gasteiger partial charge in [-0.05, 0) is 43.7 Å². The molecule has 0 amide bonds. The first kappa shape index (κ1) is 10.0. The predicted molar refractivity (Wildman–Crippen MR) is 67.9 cm³/mol. The van der Waals surface area contributed by atoms with E-state index in [2.05, 4.69) is 46.5 Å². The van der Waals surface area contributed by atoms with Crippen LogP contribution in [-0.4, -0.2) is 14.4 Å². The summed E-state index contributed by atoms with van der Waals surface area (Å²) in [7, 11) is 0. The number of rotatable bonds is 1. The van der Waals surface area contributed by atoms with Crippen molar-refractivity contribution in [3.63, 3.8) is 0 Å². The predicted octanol–water partition coefficient (Wildman–Crippen LogP) is 3.01. The van der Waals surface area contributed by atoms with E-state index >= 15 is 0 Å². The van der Waals surface area contributed by atoms with E-state index in [9.17, 15) is 0 Å². The molecule has 0 aliphatic carbocycles. The molecule has 0 spiro atoms. The maximum Gasteiger partial charge on any atom is 0.137 e. The molecule has 0 aromatic carbocycles. The Morgan fingerprint density at radius 3 is 2.59 bits per heavy atom. The second kappa shape index (κ2) is 3.70. The highest BCUT2D eigenvalue weighted by Crippen LogP contribution is 2.23. The first-order valence-corrected chi connectivity index (χ1v) is 5.61. The van der Waals surface area contributed by atoms with E-state index in [1.807, 2.05) is 12.1 Å². The van der Waals surface area contributed by atoms with E-state index in [-0.39, 0.29) is 0 Å². The molecule has 0 saturated heterocycles. The maximum atomic E-state index is 4.68. The van der Waals surface area contributed by atoms with Crippen molar-refractivity contribution in [1.29, 1.82) is 0 Å². The monoisotopic (exact) mass is 223 g/mol. The molecule has 0 saturated carbocycles. The smallest absolute Gasteiger partial charge is 0.137 e. The highest BCUT2D eigenvalue weighted by molar-refractivity contribution is 5.66. The summed E-state index contributed by atoms with van der Waals surface area (Å²) in [6.07, 6.45) is 5.66. The number of nitrogens with zero attached hydrogens (tertiary/aromatic N) is 3. The first-order valence-electron chi connectivity index (χ1n) is 5.61. The Kier molecular flexibility index (Phi) is 2.18. The van der Waals surface area contributed by atoms with Gasteiger partial charge in [0.25, 0.3) is 0 Å². The largest absolute Gasteiger partial charge is 0.304 e. The van der Waals surface area contributed by atoms with Crippen molar-refractivity contribution >= 4 is 5.65 Å². The fraction of sp³-hybridized carbons (Fsp3) is 0.143. The molecule has 3 aromatic heterocycles. The number of aromatic nitrogens is 3. The van der Waals surface area contributed by atoms with Crippen LogP contribution in [-0.2, 0) is 0 Å². The van der Waals surface area contributed by atoms with E-state index in [1.165, 1.54) is 5.56 Å². The molecule has 0 radical (unpaired) electrons. The van der Waals surface area contributed by atoms with Crippen LogP contribution in [0.2, 0.25) is 0 Å². The summed E-state index contributed by atoms with van der Waals surface area (Å²) in [5, 5.41) is 0. The first-order chi connectivity index (χ1) is 8.25. The Morgan fingerprint density at radius 2 is 1.82 bits per heavy atom. The molecular weight excluding hydrogens is 210 g/mol. The maximum absolute atomic E-state index is 4.68. The molecule has 3 heteroatoms. The van der Waals surface area contributed by atoms with Crippen LogP contribution in [0.3, 0.4) is 0 Å². The summed E-state index contributed by atoms with van der Waals surface area (Å²) in [6, 6.07) is 8.17. The van der Waals surface area contributed by atoms with Crippen LogP contribution < -0.4 is 0 Å². The van der Waals surface area contributed by atoms with Gasteiger partial charge in [-0.2, -0.15) is 0 Å². The van der Waals surface area contributed by atoms with Crippen LogP contribution in [0, 0.1) is 13.8 Å². The van der Waals surface area contributed by atoms with E-state index in [4.69, 9.17) is 0 Å². The second-order valence-electron chi connectivity index (χ2n) is 4.21. The fourth-order valence-corrected chi connectivity index (χ4v) is 2.05. The van der Waals surface area contributed by atoms with Gasteiger partial charge >= 0.3 is 0 Å². The second-order valence-corrected chi connectivity index (χ2v) is 4.21. The number of hydrogen-bond acceptors (Lipinski definition) is 2. The van der Waals surface area contributed by atoms with Crippen molar-refractivity contribution in [2.24, 2.45) is 0 Å².